The average Bonchev–Trinajstić information content (AvgIpc) is 2.61. The predicted octanol–water partition coefficient (Wildman–Crippen LogP) is 3.37. The Balaban J connectivity index is 1.80. The highest BCUT2D eigenvalue weighted by Crippen LogP contribution is 2.14. The van der Waals surface area contributed by atoms with Gasteiger partial charge in [-0.2, -0.15) is 0 Å². The van der Waals surface area contributed by atoms with Crippen molar-refractivity contribution in [1.82, 2.24) is 4.90 Å². The minimum absolute atomic E-state index is 0.0890. The Morgan fingerprint density at radius 1 is 0.923 bits per heavy atom. The summed E-state index contributed by atoms with van der Waals surface area (Å²) in [6, 6.07) is 13.7. The maximum absolute atomic E-state index is 12.1. The summed E-state index contributed by atoms with van der Waals surface area (Å²) in [5, 5.41) is 6.01. The first-order valence-corrected chi connectivity index (χ1v) is 8.75. The van der Waals surface area contributed by atoms with Gasteiger partial charge < -0.3 is 15.5 Å². The molecule has 0 fully saturated rings. The minimum atomic E-state index is -0.0890. The summed E-state index contributed by atoms with van der Waals surface area (Å²) in [5.41, 5.74) is 5.14. The molecular formula is C21H27N3O2. The highest BCUT2D eigenvalue weighted by molar-refractivity contribution is 5.93. The quantitative estimate of drug-likeness (QED) is 0.802. The maximum atomic E-state index is 12.1. The van der Waals surface area contributed by atoms with Crippen molar-refractivity contribution >= 4 is 23.2 Å². The van der Waals surface area contributed by atoms with Crippen molar-refractivity contribution in [2.45, 2.75) is 26.7 Å². The van der Waals surface area contributed by atoms with Crippen LogP contribution in [0.1, 0.15) is 23.1 Å². The average molecular weight is 353 g/mol. The first-order valence-electron chi connectivity index (χ1n) is 8.75. The molecule has 0 aromatic heterocycles. The van der Waals surface area contributed by atoms with Gasteiger partial charge in [0.15, 0.2) is 0 Å². The summed E-state index contributed by atoms with van der Waals surface area (Å²) in [5.74, 6) is 0.0316. The van der Waals surface area contributed by atoms with Crippen LogP contribution in [0.5, 0.6) is 0 Å². The summed E-state index contributed by atoms with van der Waals surface area (Å²) in [4.78, 5) is 25.3. The van der Waals surface area contributed by atoms with E-state index in [-0.39, 0.29) is 18.4 Å². The second-order valence-corrected chi connectivity index (χ2v) is 6.69. The molecule has 0 bridgehead atoms. The van der Waals surface area contributed by atoms with E-state index >= 15 is 0 Å². The van der Waals surface area contributed by atoms with E-state index in [9.17, 15) is 9.59 Å². The molecule has 0 aliphatic carbocycles. The standard InChI is InChI=1S/C21H27N3O2/c1-15-5-9-19(13-16(15)2)23-20(25)14-22-18-10-6-17(7-11-18)8-12-21(26)24(3)4/h5-7,9-11,13,22H,8,12,14H2,1-4H3,(H,23,25). The van der Waals surface area contributed by atoms with Gasteiger partial charge in [-0.25, -0.2) is 0 Å². The molecule has 0 spiro atoms. The van der Waals surface area contributed by atoms with E-state index in [4.69, 9.17) is 0 Å². The van der Waals surface area contributed by atoms with Crippen LogP contribution in [0.4, 0.5) is 11.4 Å². The van der Waals surface area contributed by atoms with Gasteiger partial charge in [0.1, 0.15) is 0 Å². The minimum Gasteiger partial charge on any atom is -0.376 e. The van der Waals surface area contributed by atoms with Gasteiger partial charge in [-0.05, 0) is 61.2 Å². The van der Waals surface area contributed by atoms with Gasteiger partial charge in [0.2, 0.25) is 11.8 Å². The predicted molar refractivity (Wildman–Crippen MR) is 106 cm³/mol. The van der Waals surface area contributed by atoms with Gasteiger partial charge in [0.05, 0.1) is 6.54 Å². The van der Waals surface area contributed by atoms with E-state index in [1.54, 1.807) is 19.0 Å². The number of hydrogen-bond donors (Lipinski definition) is 2. The van der Waals surface area contributed by atoms with E-state index in [1.807, 2.05) is 56.3 Å². The number of anilines is 2. The van der Waals surface area contributed by atoms with Crippen molar-refractivity contribution in [1.29, 1.82) is 0 Å². The number of rotatable bonds is 7. The lowest BCUT2D eigenvalue weighted by molar-refractivity contribution is -0.128. The number of carbonyl (C=O) groups is 2. The zero-order valence-corrected chi connectivity index (χ0v) is 15.9. The number of hydrogen-bond acceptors (Lipinski definition) is 3. The molecule has 2 N–H and O–H groups in total. The molecule has 0 radical (unpaired) electrons. The molecule has 2 aromatic carbocycles. The molecule has 2 aromatic rings. The third-order valence-corrected chi connectivity index (χ3v) is 4.32. The zero-order valence-electron chi connectivity index (χ0n) is 15.9. The summed E-state index contributed by atoms with van der Waals surface area (Å²) in [6.45, 7) is 4.27. The Morgan fingerprint density at radius 3 is 2.19 bits per heavy atom. The molecule has 0 atom stereocenters. The van der Waals surface area contributed by atoms with Gasteiger partial charge in [0.25, 0.3) is 0 Å². The van der Waals surface area contributed by atoms with Crippen LogP contribution in [0.25, 0.3) is 0 Å². The number of nitrogens with one attached hydrogen (secondary N) is 2. The van der Waals surface area contributed by atoms with Crippen LogP contribution < -0.4 is 10.6 Å². The number of aryl methyl sites for hydroxylation is 3. The molecule has 26 heavy (non-hydrogen) atoms. The number of carbonyl (C=O) groups excluding carboxylic acids is 2. The van der Waals surface area contributed by atoms with Crippen LogP contribution in [0.2, 0.25) is 0 Å². The molecule has 5 nitrogen and oxygen atoms in total. The monoisotopic (exact) mass is 353 g/mol. The van der Waals surface area contributed by atoms with Crippen LogP contribution in [-0.2, 0) is 16.0 Å². The van der Waals surface area contributed by atoms with Gasteiger partial charge in [-0.3, -0.25) is 9.59 Å². The Labute approximate surface area is 155 Å². The fourth-order valence-corrected chi connectivity index (χ4v) is 2.47. The Kier molecular flexibility index (Phi) is 6.78. The Hall–Kier alpha value is -2.82. The lowest BCUT2D eigenvalue weighted by Crippen LogP contribution is -2.22. The lowest BCUT2D eigenvalue weighted by Gasteiger charge is -2.11. The van der Waals surface area contributed by atoms with Crippen molar-refractivity contribution in [3.63, 3.8) is 0 Å². The number of benzene rings is 2. The summed E-state index contributed by atoms with van der Waals surface area (Å²) in [6.07, 6.45) is 1.21. The maximum Gasteiger partial charge on any atom is 0.243 e. The molecule has 138 valence electrons. The molecule has 0 aliphatic rings. The highest BCUT2D eigenvalue weighted by Gasteiger charge is 2.06. The number of amides is 2. The topological polar surface area (TPSA) is 61.4 Å². The third kappa shape index (κ3) is 5.92. The van der Waals surface area contributed by atoms with Crippen molar-refractivity contribution in [2.24, 2.45) is 0 Å². The Morgan fingerprint density at radius 2 is 1.58 bits per heavy atom. The molecule has 0 saturated heterocycles. The van der Waals surface area contributed by atoms with Gasteiger partial charge in [-0.1, -0.05) is 18.2 Å². The van der Waals surface area contributed by atoms with Gasteiger partial charge in [0, 0.05) is 31.9 Å². The van der Waals surface area contributed by atoms with E-state index < -0.39 is 0 Å². The van der Waals surface area contributed by atoms with Crippen LogP contribution in [0, 0.1) is 13.8 Å². The lowest BCUT2D eigenvalue weighted by atomic mass is 10.1. The molecule has 2 amide bonds. The normalized spacial score (nSPS) is 10.3. The molecule has 0 aliphatic heterocycles. The second kappa shape index (κ2) is 9.04. The van der Waals surface area contributed by atoms with Crippen LogP contribution in [0.15, 0.2) is 42.5 Å². The number of nitrogens with zero attached hydrogens (tertiary/aromatic N) is 1. The summed E-state index contributed by atoms with van der Waals surface area (Å²) >= 11 is 0. The Bertz CT molecular complexity index is 767. The third-order valence-electron chi connectivity index (χ3n) is 4.32. The zero-order chi connectivity index (χ0) is 19.1. The largest absolute Gasteiger partial charge is 0.376 e. The second-order valence-electron chi connectivity index (χ2n) is 6.69. The highest BCUT2D eigenvalue weighted by atomic mass is 16.2. The first kappa shape index (κ1) is 19.5. The fourth-order valence-electron chi connectivity index (χ4n) is 2.47. The fraction of sp³-hybridized carbons (Fsp3) is 0.333. The van der Waals surface area contributed by atoms with Crippen molar-refractivity contribution in [3.05, 3.63) is 59.2 Å². The van der Waals surface area contributed by atoms with Crippen molar-refractivity contribution < 1.29 is 9.59 Å². The van der Waals surface area contributed by atoms with E-state index in [0.717, 1.165) is 22.5 Å². The van der Waals surface area contributed by atoms with E-state index in [0.29, 0.717) is 12.8 Å². The van der Waals surface area contributed by atoms with E-state index in [2.05, 4.69) is 10.6 Å². The molecule has 0 heterocycles. The molecule has 0 saturated carbocycles. The SMILES string of the molecule is Cc1ccc(NC(=O)CNc2ccc(CCC(=O)N(C)C)cc2)cc1C. The van der Waals surface area contributed by atoms with E-state index in [1.165, 1.54) is 5.56 Å². The molecule has 2 rings (SSSR count). The summed E-state index contributed by atoms with van der Waals surface area (Å²) in [7, 11) is 3.52. The first-order chi connectivity index (χ1) is 12.3. The van der Waals surface area contributed by atoms with Crippen molar-refractivity contribution in [2.75, 3.05) is 31.3 Å². The van der Waals surface area contributed by atoms with Gasteiger partial charge >= 0.3 is 0 Å². The molecule has 0 unspecified atom stereocenters. The smallest absolute Gasteiger partial charge is 0.243 e. The van der Waals surface area contributed by atoms with Crippen molar-refractivity contribution in [3.8, 4) is 0 Å². The summed E-state index contributed by atoms with van der Waals surface area (Å²) < 4.78 is 0. The van der Waals surface area contributed by atoms with Crippen LogP contribution in [0.3, 0.4) is 0 Å². The van der Waals surface area contributed by atoms with Crippen LogP contribution >= 0.6 is 0 Å². The van der Waals surface area contributed by atoms with Crippen LogP contribution in [-0.4, -0.2) is 37.4 Å². The molecular weight excluding hydrogens is 326 g/mol. The molecule has 5 heteroatoms. The van der Waals surface area contributed by atoms with Gasteiger partial charge in [-0.15, -0.1) is 0 Å².